The van der Waals surface area contributed by atoms with E-state index in [1.165, 1.54) is 6.08 Å². The highest BCUT2D eigenvalue weighted by Crippen LogP contribution is 2.36. The van der Waals surface area contributed by atoms with Crippen molar-refractivity contribution >= 4 is 50.7 Å². The van der Waals surface area contributed by atoms with Gasteiger partial charge in [-0.3, -0.25) is 4.79 Å². The van der Waals surface area contributed by atoms with Crippen LogP contribution in [-0.4, -0.2) is 15.7 Å². The predicted octanol–water partition coefficient (Wildman–Crippen LogP) is 6.01. The van der Waals surface area contributed by atoms with Crippen molar-refractivity contribution in [3.05, 3.63) is 82.0 Å². The Morgan fingerprint density at radius 2 is 1.82 bits per heavy atom. The first-order valence-corrected chi connectivity index (χ1v) is 10.0. The fraction of sp³-hybridized carbons (Fsp3) is 0.0909. The molecule has 2 heterocycles. The van der Waals surface area contributed by atoms with Crippen molar-refractivity contribution < 1.29 is 4.79 Å². The summed E-state index contributed by atoms with van der Waals surface area (Å²) >= 11 is 8.00. The van der Waals surface area contributed by atoms with E-state index in [1.807, 2.05) is 73.1 Å². The number of rotatable bonds is 4. The number of amides is 1. The number of carbonyl (C=O) groups is 1. The first kappa shape index (κ1) is 18.5. The molecule has 0 unspecified atom stereocenters. The van der Waals surface area contributed by atoms with E-state index < -0.39 is 0 Å². The van der Waals surface area contributed by atoms with Gasteiger partial charge in [0, 0.05) is 21.0 Å². The molecular formula is C22H18ClN3OS. The van der Waals surface area contributed by atoms with Gasteiger partial charge in [0.25, 0.3) is 0 Å². The Labute approximate surface area is 172 Å². The summed E-state index contributed by atoms with van der Waals surface area (Å²) in [7, 11) is 0. The van der Waals surface area contributed by atoms with Gasteiger partial charge in [0.2, 0.25) is 5.91 Å². The Bertz CT molecular complexity index is 1190. The van der Waals surface area contributed by atoms with E-state index in [9.17, 15) is 4.79 Å². The maximum atomic E-state index is 12.5. The molecule has 0 saturated heterocycles. The summed E-state index contributed by atoms with van der Waals surface area (Å²) in [5.41, 5.74) is 3.32. The molecule has 0 saturated carbocycles. The van der Waals surface area contributed by atoms with E-state index in [1.54, 1.807) is 17.4 Å². The highest BCUT2D eigenvalue weighted by Gasteiger charge is 2.14. The Hall–Kier alpha value is -2.89. The number of hydrogen-bond acceptors (Lipinski definition) is 3. The third kappa shape index (κ3) is 3.46. The largest absolute Gasteiger partial charge is 0.319 e. The monoisotopic (exact) mass is 407 g/mol. The van der Waals surface area contributed by atoms with Crippen molar-refractivity contribution in [1.29, 1.82) is 0 Å². The Morgan fingerprint density at radius 3 is 2.57 bits per heavy atom. The fourth-order valence-corrected chi connectivity index (χ4v) is 4.50. The third-order valence-electron chi connectivity index (χ3n) is 4.49. The Kier molecular flexibility index (Phi) is 5.03. The molecule has 1 amide bonds. The molecule has 2 aromatic carbocycles. The summed E-state index contributed by atoms with van der Waals surface area (Å²) in [6.45, 7) is 3.82. The van der Waals surface area contributed by atoms with Crippen LogP contribution in [0.3, 0.4) is 0 Å². The molecule has 0 fully saturated rings. The summed E-state index contributed by atoms with van der Waals surface area (Å²) in [6, 6.07) is 17.8. The molecule has 6 heteroatoms. The van der Waals surface area contributed by atoms with Gasteiger partial charge < -0.3 is 5.32 Å². The maximum absolute atomic E-state index is 12.5. The molecule has 4 nitrogen and oxygen atoms in total. The van der Waals surface area contributed by atoms with Gasteiger partial charge in [0.1, 0.15) is 0 Å². The van der Waals surface area contributed by atoms with Crippen molar-refractivity contribution in [2.24, 2.45) is 0 Å². The van der Waals surface area contributed by atoms with E-state index in [4.69, 9.17) is 11.6 Å². The van der Waals surface area contributed by atoms with Crippen LogP contribution in [0, 0.1) is 13.8 Å². The lowest BCUT2D eigenvalue weighted by Crippen LogP contribution is -2.09. The number of anilines is 1. The van der Waals surface area contributed by atoms with Gasteiger partial charge >= 0.3 is 0 Å². The molecule has 0 aliphatic carbocycles. The highest BCUT2D eigenvalue weighted by molar-refractivity contribution is 7.20. The van der Waals surface area contributed by atoms with Crippen LogP contribution >= 0.6 is 22.9 Å². The van der Waals surface area contributed by atoms with Crippen LogP contribution in [0.4, 0.5) is 5.69 Å². The summed E-state index contributed by atoms with van der Waals surface area (Å²) in [4.78, 5) is 13.4. The van der Waals surface area contributed by atoms with Gasteiger partial charge in [-0.2, -0.15) is 5.10 Å². The van der Waals surface area contributed by atoms with Gasteiger partial charge in [0.15, 0.2) is 0 Å². The molecule has 0 spiro atoms. The summed E-state index contributed by atoms with van der Waals surface area (Å²) in [5, 5.41) is 9.18. The zero-order valence-electron chi connectivity index (χ0n) is 15.4. The van der Waals surface area contributed by atoms with Crippen LogP contribution in [0.15, 0.2) is 60.7 Å². The average molecular weight is 408 g/mol. The number of aryl methyl sites for hydroxylation is 1. The predicted molar refractivity (Wildman–Crippen MR) is 118 cm³/mol. The minimum absolute atomic E-state index is 0.215. The van der Waals surface area contributed by atoms with Crippen LogP contribution in [0.5, 0.6) is 0 Å². The summed E-state index contributed by atoms with van der Waals surface area (Å²) in [5.74, 6) is -0.215. The number of nitrogens with one attached hydrogen (secondary N) is 1. The first-order valence-electron chi connectivity index (χ1n) is 8.82. The average Bonchev–Trinajstić information content (AvgIpc) is 3.18. The second kappa shape index (κ2) is 7.62. The first-order chi connectivity index (χ1) is 13.5. The number of carbonyl (C=O) groups excluding carboxylic acids is 1. The van der Waals surface area contributed by atoms with E-state index >= 15 is 0 Å². The minimum Gasteiger partial charge on any atom is -0.319 e. The zero-order chi connectivity index (χ0) is 19.7. The van der Waals surface area contributed by atoms with Crippen molar-refractivity contribution in [3.8, 4) is 5.69 Å². The summed E-state index contributed by atoms with van der Waals surface area (Å²) < 4.78 is 2.93. The van der Waals surface area contributed by atoms with Crippen LogP contribution in [0.25, 0.3) is 21.8 Å². The number of fused-ring (bicyclic) bond motifs is 1. The number of hydrogen-bond donors (Lipinski definition) is 1. The molecule has 28 heavy (non-hydrogen) atoms. The van der Waals surface area contributed by atoms with Gasteiger partial charge in [-0.15, -0.1) is 11.3 Å². The van der Waals surface area contributed by atoms with Crippen LogP contribution in [-0.2, 0) is 4.79 Å². The molecule has 0 aliphatic heterocycles. The van der Waals surface area contributed by atoms with Crippen molar-refractivity contribution in [2.75, 3.05) is 5.32 Å². The van der Waals surface area contributed by atoms with Gasteiger partial charge in [-0.05, 0) is 38.1 Å². The minimum atomic E-state index is -0.215. The third-order valence-corrected chi connectivity index (χ3v) is 6.14. The van der Waals surface area contributed by atoms with Crippen molar-refractivity contribution in [2.45, 2.75) is 13.8 Å². The lowest BCUT2D eigenvalue weighted by Gasteiger charge is -2.05. The molecule has 0 atom stereocenters. The zero-order valence-corrected chi connectivity index (χ0v) is 17.0. The normalized spacial score (nSPS) is 11.4. The standard InChI is InChI=1S/C22H18ClN3OS/c1-14-22(15(2)26(25-14)16-8-4-3-5-9-16)24-20(27)13-12-19-21(23)17-10-6-7-11-18(17)28-19/h3-13H,1-2H3,(H,24,27)/b13-12+. The molecule has 0 aliphatic rings. The van der Waals surface area contributed by atoms with Crippen LogP contribution in [0.2, 0.25) is 5.02 Å². The lowest BCUT2D eigenvalue weighted by atomic mass is 10.2. The van der Waals surface area contributed by atoms with Crippen LogP contribution in [0.1, 0.15) is 16.3 Å². The molecule has 2 aromatic heterocycles. The van der Waals surface area contributed by atoms with Gasteiger partial charge in [-0.1, -0.05) is 48.0 Å². The molecule has 1 N–H and O–H groups in total. The van der Waals surface area contributed by atoms with Crippen molar-refractivity contribution in [1.82, 2.24) is 9.78 Å². The number of halogens is 1. The SMILES string of the molecule is Cc1nn(-c2ccccc2)c(C)c1NC(=O)/C=C/c1sc2ccccc2c1Cl. The molecule has 0 radical (unpaired) electrons. The van der Waals surface area contributed by atoms with Crippen molar-refractivity contribution in [3.63, 3.8) is 0 Å². The quantitative estimate of drug-likeness (QED) is 0.421. The smallest absolute Gasteiger partial charge is 0.248 e. The number of aromatic nitrogens is 2. The second-order valence-electron chi connectivity index (χ2n) is 6.39. The van der Waals surface area contributed by atoms with E-state index in [-0.39, 0.29) is 5.91 Å². The number of nitrogens with zero attached hydrogens (tertiary/aromatic N) is 2. The van der Waals surface area contributed by atoms with E-state index in [0.29, 0.717) is 5.02 Å². The van der Waals surface area contributed by atoms with Gasteiger partial charge in [0.05, 0.1) is 27.8 Å². The second-order valence-corrected chi connectivity index (χ2v) is 7.85. The molecule has 4 aromatic rings. The van der Waals surface area contributed by atoms with Gasteiger partial charge in [-0.25, -0.2) is 4.68 Å². The maximum Gasteiger partial charge on any atom is 0.248 e. The lowest BCUT2D eigenvalue weighted by molar-refractivity contribution is -0.111. The Morgan fingerprint density at radius 1 is 1.11 bits per heavy atom. The highest BCUT2D eigenvalue weighted by atomic mass is 35.5. The fourth-order valence-electron chi connectivity index (χ4n) is 3.10. The molecule has 140 valence electrons. The van der Waals surface area contributed by atoms with E-state index in [2.05, 4.69) is 10.4 Å². The molecule has 4 rings (SSSR count). The van der Waals surface area contributed by atoms with Crippen LogP contribution < -0.4 is 5.32 Å². The molecular weight excluding hydrogens is 390 g/mol. The summed E-state index contributed by atoms with van der Waals surface area (Å²) in [6.07, 6.45) is 3.27. The number of para-hydroxylation sites is 1. The topological polar surface area (TPSA) is 46.9 Å². The number of thiophene rings is 1. The number of benzene rings is 2. The molecule has 0 bridgehead atoms. The Balaban J connectivity index is 1.56. The van der Waals surface area contributed by atoms with E-state index in [0.717, 1.165) is 37.7 Å².